The molecule has 4 N–H and O–H groups in total. The number of hydrogen-bond donors (Lipinski definition) is 4. The molecule has 0 fully saturated rings. The zero-order valence-electron chi connectivity index (χ0n) is 10.1. The van der Waals surface area contributed by atoms with E-state index in [9.17, 15) is 19.8 Å². The maximum absolute atomic E-state index is 11.0. The van der Waals surface area contributed by atoms with Gasteiger partial charge in [-0.05, 0) is 17.7 Å². The van der Waals surface area contributed by atoms with Crippen LogP contribution in [0.5, 0.6) is 5.75 Å². The summed E-state index contributed by atoms with van der Waals surface area (Å²) >= 11 is 0. The molecule has 0 heterocycles. The number of benzene rings is 1. The van der Waals surface area contributed by atoms with Gasteiger partial charge in [0, 0.05) is 6.42 Å². The highest BCUT2D eigenvalue weighted by molar-refractivity contribution is 5.87. The number of ether oxygens (including phenoxy) is 1. The van der Waals surface area contributed by atoms with Gasteiger partial charge in [-0.1, -0.05) is 12.1 Å². The molecule has 0 unspecified atom stereocenters. The second-order valence-electron chi connectivity index (χ2n) is 4.00. The molecule has 0 bridgehead atoms. The van der Waals surface area contributed by atoms with Crippen LogP contribution in [-0.4, -0.2) is 51.2 Å². The van der Waals surface area contributed by atoms with Crippen LogP contribution in [0, 0.1) is 0 Å². The molecular weight excluding hydrogens is 256 g/mol. The Morgan fingerprint density at radius 2 is 1.79 bits per heavy atom. The molecule has 0 saturated heterocycles. The van der Waals surface area contributed by atoms with Gasteiger partial charge in [-0.15, -0.1) is 0 Å². The van der Waals surface area contributed by atoms with E-state index in [-0.39, 0.29) is 0 Å². The molecule has 0 amide bonds. The molecular formula is C12H14O7. The van der Waals surface area contributed by atoms with Crippen LogP contribution in [0.2, 0.25) is 0 Å². The van der Waals surface area contributed by atoms with E-state index in [0.717, 1.165) is 0 Å². The lowest BCUT2D eigenvalue weighted by Crippen LogP contribution is -2.54. The minimum Gasteiger partial charge on any atom is -0.497 e. The van der Waals surface area contributed by atoms with Gasteiger partial charge < -0.3 is 25.2 Å². The standard InChI is InChI=1S/C12H14O7/c1-19-8-4-2-7(3-5-8)6-12(18,11(16)17)9(13)10(14)15/h2-5,9,13,18H,6H2,1H3,(H,14,15)(H,16,17)/t9-,12-/m1/s1. The normalized spacial score (nSPS) is 15.3. The van der Waals surface area contributed by atoms with Crippen molar-refractivity contribution in [2.75, 3.05) is 7.11 Å². The van der Waals surface area contributed by atoms with E-state index in [1.54, 1.807) is 0 Å². The van der Waals surface area contributed by atoms with Gasteiger partial charge in [-0.3, -0.25) is 0 Å². The molecule has 7 nitrogen and oxygen atoms in total. The monoisotopic (exact) mass is 270 g/mol. The number of aliphatic hydroxyl groups is 2. The lowest BCUT2D eigenvalue weighted by molar-refractivity contribution is -0.183. The third-order valence-electron chi connectivity index (χ3n) is 2.69. The van der Waals surface area contributed by atoms with E-state index < -0.39 is 30.1 Å². The van der Waals surface area contributed by atoms with E-state index in [1.807, 2.05) is 0 Å². The molecule has 2 atom stereocenters. The third kappa shape index (κ3) is 3.21. The van der Waals surface area contributed by atoms with Crippen LogP contribution in [0.4, 0.5) is 0 Å². The number of aliphatic carboxylic acids is 2. The van der Waals surface area contributed by atoms with E-state index in [4.69, 9.17) is 14.9 Å². The number of hydrogen-bond acceptors (Lipinski definition) is 5. The van der Waals surface area contributed by atoms with Crippen LogP contribution in [-0.2, 0) is 16.0 Å². The van der Waals surface area contributed by atoms with Gasteiger partial charge in [0.2, 0.25) is 5.60 Å². The number of aliphatic hydroxyl groups excluding tert-OH is 1. The summed E-state index contributed by atoms with van der Waals surface area (Å²) in [6.45, 7) is 0. The molecule has 0 aromatic heterocycles. The van der Waals surface area contributed by atoms with Crippen LogP contribution in [0.1, 0.15) is 5.56 Å². The van der Waals surface area contributed by atoms with E-state index in [2.05, 4.69) is 0 Å². The Morgan fingerprint density at radius 1 is 1.26 bits per heavy atom. The van der Waals surface area contributed by atoms with Crippen LogP contribution in [0.25, 0.3) is 0 Å². The molecule has 7 heteroatoms. The van der Waals surface area contributed by atoms with Gasteiger partial charge in [-0.2, -0.15) is 0 Å². The highest BCUT2D eigenvalue weighted by atomic mass is 16.5. The number of rotatable bonds is 6. The number of carboxylic acids is 2. The van der Waals surface area contributed by atoms with Crippen LogP contribution >= 0.6 is 0 Å². The summed E-state index contributed by atoms with van der Waals surface area (Å²) in [5.74, 6) is -3.09. The second kappa shape index (κ2) is 5.68. The third-order valence-corrected chi connectivity index (χ3v) is 2.69. The Balaban J connectivity index is 3.01. The predicted molar refractivity (Wildman–Crippen MR) is 62.9 cm³/mol. The van der Waals surface area contributed by atoms with Crippen molar-refractivity contribution in [1.82, 2.24) is 0 Å². The first-order valence-electron chi connectivity index (χ1n) is 5.31. The smallest absolute Gasteiger partial charge is 0.339 e. The Morgan fingerprint density at radius 3 is 2.16 bits per heavy atom. The Kier molecular flexibility index (Phi) is 4.47. The van der Waals surface area contributed by atoms with Gasteiger partial charge in [0.15, 0.2) is 6.10 Å². The number of methoxy groups -OCH3 is 1. The van der Waals surface area contributed by atoms with Crippen molar-refractivity contribution in [2.45, 2.75) is 18.1 Å². The Labute approximate surface area is 108 Å². The van der Waals surface area contributed by atoms with Crippen molar-refractivity contribution in [1.29, 1.82) is 0 Å². The highest BCUT2D eigenvalue weighted by Crippen LogP contribution is 2.21. The van der Waals surface area contributed by atoms with E-state index >= 15 is 0 Å². The van der Waals surface area contributed by atoms with Gasteiger partial charge in [0.25, 0.3) is 0 Å². The maximum Gasteiger partial charge on any atom is 0.339 e. The van der Waals surface area contributed by atoms with Gasteiger partial charge in [0.05, 0.1) is 7.11 Å². The van der Waals surface area contributed by atoms with Crippen molar-refractivity contribution in [3.05, 3.63) is 29.8 Å². The summed E-state index contributed by atoms with van der Waals surface area (Å²) in [6, 6.07) is 6.01. The van der Waals surface area contributed by atoms with Crippen LogP contribution in [0.3, 0.4) is 0 Å². The predicted octanol–water partition coefficient (Wildman–Crippen LogP) is -0.501. The van der Waals surface area contributed by atoms with Gasteiger partial charge in [0.1, 0.15) is 5.75 Å². The lowest BCUT2D eigenvalue weighted by atomic mass is 9.89. The molecule has 0 saturated carbocycles. The topological polar surface area (TPSA) is 124 Å². The van der Waals surface area contributed by atoms with Crippen molar-refractivity contribution >= 4 is 11.9 Å². The molecule has 0 aliphatic carbocycles. The fraction of sp³-hybridized carbons (Fsp3) is 0.333. The lowest BCUT2D eigenvalue weighted by Gasteiger charge is -2.26. The number of carbonyl (C=O) groups is 2. The van der Waals surface area contributed by atoms with E-state index in [0.29, 0.717) is 11.3 Å². The SMILES string of the molecule is COc1ccc(C[C@](O)(C(=O)O)[C@H](O)C(=O)O)cc1. The zero-order valence-corrected chi connectivity index (χ0v) is 10.1. The first-order valence-corrected chi connectivity index (χ1v) is 5.31. The summed E-state index contributed by atoms with van der Waals surface area (Å²) < 4.78 is 4.91. The van der Waals surface area contributed by atoms with Crippen molar-refractivity contribution in [3.8, 4) is 5.75 Å². The van der Waals surface area contributed by atoms with Crippen molar-refractivity contribution in [2.24, 2.45) is 0 Å². The molecule has 0 radical (unpaired) electrons. The molecule has 1 rings (SSSR count). The molecule has 0 aliphatic heterocycles. The average Bonchev–Trinajstić information content (AvgIpc) is 2.38. The summed E-state index contributed by atoms with van der Waals surface area (Å²) in [6.07, 6.45) is -2.97. The second-order valence-corrected chi connectivity index (χ2v) is 4.00. The fourth-order valence-corrected chi connectivity index (χ4v) is 1.55. The van der Waals surface area contributed by atoms with Gasteiger partial charge >= 0.3 is 11.9 Å². The number of carboxylic acid groups (broad SMARTS) is 2. The molecule has 0 aliphatic rings. The zero-order chi connectivity index (χ0) is 14.6. The largest absolute Gasteiger partial charge is 0.497 e. The van der Waals surface area contributed by atoms with Crippen LogP contribution < -0.4 is 4.74 Å². The molecule has 1 aromatic rings. The van der Waals surface area contributed by atoms with Gasteiger partial charge in [-0.25, -0.2) is 9.59 Å². The van der Waals surface area contributed by atoms with Crippen LogP contribution in [0.15, 0.2) is 24.3 Å². The first kappa shape index (κ1) is 14.9. The highest BCUT2D eigenvalue weighted by Gasteiger charge is 2.47. The van der Waals surface area contributed by atoms with E-state index in [1.165, 1.54) is 31.4 Å². The first-order chi connectivity index (χ1) is 8.81. The minimum atomic E-state index is -2.79. The Bertz CT molecular complexity index is 467. The molecule has 104 valence electrons. The summed E-state index contributed by atoms with van der Waals surface area (Å²) in [4.78, 5) is 21.6. The fourth-order valence-electron chi connectivity index (χ4n) is 1.55. The van der Waals surface area contributed by atoms with Crippen molar-refractivity contribution in [3.63, 3.8) is 0 Å². The van der Waals surface area contributed by atoms with Crippen molar-refractivity contribution < 1.29 is 34.8 Å². The maximum atomic E-state index is 11.0. The molecule has 19 heavy (non-hydrogen) atoms. The summed E-state index contributed by atoms with van der Waals surface area (Å²) in [5, 5.41) is 36.7. The summed E-state index contributed by atoms with van der Waals surface area (Å²) in [5.41, 5.74) is -2.44. The minimum absolute atomic E-state index is 0.353. The molecule has 1 aromatic carbocycles. The average molecular weight is 270 g/mol. The quantitative estimate of drug-likeness (QED) is 0.549. The Hall–Kier alpha value is -2.12. The molecule has 0 spiro atoms. The summed E-state index contributed by atoms with van der Waals surface area (Å²) in [7, 11) is 1.46.